The first-order chi connectivity index (χ1) is 11.1. The average molecular weight is 444 g/mol. The van der Waals surface area contributed by atoms with Crippen LogP contribution in [0.4, 0.5) is 0 Å². The minimum atomic E-state index is 0. The standard InChI is InChI=1S/C19H32N4.HI/c1-5-16-8-6-7-9-17(16)14-21-19(20-4)22-18-10-12-23(13-11-18)15(2)3;/h6-9,15,18H,5,10-14H2,1-4H3,(H2,20,21,22);1H. The molecule has 5 heteroatoms. The van der Waals surface area contributed by atoms with Gasteiger partial charge in [-0.3, -0.25) is 4.99 Å². The molecule has 1 saturated heterocycles. The molecule has 1 aliphatic heterocycles. The van der Waals surface area contributed by atoms with Gasteiger partial charge in [-0.05, 0) is 44.2 Å². The predicted molar refractivity (Wildman–Crippen MR) is 114 cm³/mol. The number of aryl methyl sites for hydroxylation is 1. The van der Waals surface area contributed by atoms with Crippen LogP contribution in [0.25, 0.3) is 0 Å². The van der Waals surface area contributed by atoms with Crippen LogP contribution in [0.2, 0.25) is 0 Å². The third-order valence-electron chi connectivity index (χ3n) is 4.77. The van der Waals surface area contributed by atoms with E-state index in [0.29, 0.717) is 12.1 Å². The fourth-order valence-electron chi connectivity index (χ4n) is 3.20. The lowest BCUT2D eigenvalue weighted by molar-refractivity contribution is 0.167. The van der Waals surface area contributed by atoms with Gasteiger partial charge in [0, 0.05) is 38.8 Å². The summed E-state index contributed by atoms with van der Waals surface area (Å²) in [6.07, 6.45) is 3.44. The zero-order valence-corrected chi connectivity index (χ0v) is 17.8. The Morgan fingerprint density at radius 3 is 2.38 bits per heavy atom. The van der Waals surface area contributed by atoms with E-state index in [1.807, 2.05) is 7.05 Å². The van der Waals surface area contributed by atoms with Crippen LogP contribution in [-0.4, -0.2) is 43.1 Å². The Labute approximate surface area is 164 Å². The van der Waals surface area contributed by atoms with E-state index < -0.39 is 0 Å². The molecule has 136 valence electrons. The second kappa shape index (κ2) is 10.9. The van der Waals surface area contributed by atoms with Crippen molar-refractivity contribution in [1.29, 1.82) is 0 Å². The normalized spacial score (nSPS) is 16.8. The van der Waals surface area contributed by atoms with Gasteiger partial charge < -0.3 is 15.5 Å². The van der Waals surface area contributed by atoms with Crippen LogP contribution in [0, 0.1) is 0 Å². The maximum atomic E-state index is 4.39. The van der Waals surface area contributed by atoms with Gasteiger partial charge in [-0.2, -0.15) is 0 Å². The van der Waals surface area contributed by atoms with Crippen LogP contribution < -0.4 is 10.6 Å². The molecule has 1 fully saturated rings. The van der Waals surface area contributed by atoms with E-state index in [0.717, 1.165) is 18.9 Å². The van der Waals surface area contributed by atoms with Crippen LogP contribution in [-0.2, 0) is 13.0 Å². The van der Waals surface area contributed by atoms with Crippen molar-refractivity contribution in [3.05, 3.63) is 35.4 Å². The van der Waals surface area contributed by atoms with Crippen molar-refractivity contribution in [2.24, 2.45) is 4.99 Å². The summed E-state index contributed by atoms with van der Waals surface area (Å²) in [6.45, 7) is 9.93. The Kier molecular flexibility index (Phi) is 9.66. The Morgan fingerprint density at radius 1 is 1.21 bits per heavy atom. The fourth-order valence-corrected chi connectivity index (χ4v) is 3.20. The number of halogens is 1. The predicted octanol–water partition coefficient (Wildman–Crippen LogP) is 3.40. The van der Waals surface area contributed by atoms with Gasteiger partial charge in [0.15, 0.2) is 5.96 Å². The van der Waals surface area contributed by atoms with Crippen molar-refractivity contribution >= 4 is 29.9 Å². The number of aliphatic imine (C=N–C) groups is 1. The minimum Gasteiger partial charge on any atom is -0.354 e. The lowest BCUT2D eigenvalue weighted by Gasteiger charge is -2.35. The van der Waals surface area contributed by atoms with Gasteiger partial charge in [0.05, 0.1) is 0 Å². The molecule has 2 rings (SSSR count). The largest absolute Gasteiger partial charge is 0.354 e. The van der Waals surface area contributed by atoms with E-state index in [1.165, 1.54) is 37.1 Å². The lowest BCUT2D eigenvalue weighted by Crippen LogP contribution is -2.49. The molecule has 0 radical (unpaired) electrons. The monoisotopic (exact) mass is 444 g/mol. The Morgan fingerprint density at radius 2 is 1.83 bits per heavy atom. The number of guanidine groups is 1. The SMILES string of the molecule is CCc1ccccc1CNC(=NC)NC1CCN(C(C)C)CC1.I. The van der Waals surface area contributed by atoms with Gasteiger partial charge in [0.25, 0.3) is 0 Å². The number of hydrogen-bond donors (Lipinski definition) is 2. The van der Waals surface area contributed by atoms with Gasteiger partial charge in [0.2, 0.25) is 0 Å². The number of nitrogens with one attached hydrogen (secondary N) is 2. The van der Waals surface area contributed by atoms with Crippen LogP contribution in [0.3, 0.4) is 0 Å². The molecule has 0 spiro atoms. The highest BCUT2D eigenvalue weighted by Gasteiger charge is 2.21. The van der Waals surface area contributed by atoms with E-state index in [2.05, 4.69) is 65.6 Å². The number of piperidine rings is 1. The van der Waals surface area contributed by atoms with Crippen molar-refractivity contribution in [1.82, 2.24) is 15.5 Å². The van der Waals surface area contributed by atoms with E-state index >= 15 is 0 Å². The second-order valence-corrected chi connectivity index (χ2v) is 6.60. The first-order valence-corrected chi connectivity index (χ1v) is 8.92. The third-order valence-corrected chi connectivity index (χ3v) is 4.77. The summed E-state index contributed by atoms with van der Waals surface area (Å²) in [5, 5.41) is 7.05. The van der Waals surface area contributed by atoms with Gasteiger partial charge >= 0.3 is 0 Å². The molecule has 24 heavy (non-hydrogen) atoms. The molecule has 0 amide bonds. The van der Waals surface area contributed by atoms with Crippen molar-refractivity contribution in [2.75, 3.05) is 20.1 Å². The number of likely N-dealkylation sites (tertiary alicyclic amines) is 1. The summed E-state index contributed by atoms with van der Waals surface area (Å²) in [5.74, 6) is 0.916. The Hall–Kier alpha value is -0.820. The van der Waals surface area contributed by atoms with Crippen LogP contribution in [0.5, 0.6) is 0 Å². The highest BCUT2D eigenvalue weighted by atomic mass is 127. The Bertz CT molecular complexity index is 508. The molecule has 0 atom stereocenters. The first kappa shape index (κ1) is 21.2. The molecule has 1 aromatic carbocycles. The van der Waals surface area contributed by atoms with Gasteiger partial charge in [-0.25, -0.2) is 0 Å². The van der Waals surface area contributed by atoms with Crippen LogP contribution in [0.15, 0.2) is 29.3 Å². The molecule has 0 saturated carbocycles. The van der Waals surface area contributed by atoms with Crippen molar-refractivity contribution in [3.63, 3.8) is 0 Å². The van der Waals surface area contributed by atoms with E-state index in [-0.39, 0.29) is 24.0 Å². The zero-order valence-electron chi connectivity index (χ0n) is 15.5. The highest BCUT2D eigenvalue weighted by Crippen LogP contribution is 2.13. The molecule has 0 unspecified atom stereocenters. The summed E-state index contributed by atoms with van der Waals surface area (Å²) in [4.78, 5) is 6.94. The minimum absolute atomic E-state index is 0. The number of benzene rings is 1. The summed E-state index contributed by atoms with van der Waals surface area (Å²) < 4.78 is 0. The number of rotatable bonds is 5. The third kappa shape index (κ3) is 6.24. The molecule has 1 heterocycles. The van der Waals surface area contributed by atoms with Crippen molar-refractivity contribution in [2.45, 2.75) is 58.7 Å². The van der Waals surface area contributed by atoms with Gasteiger partial charge in [-0.15, -0.1) is 24.0 Å². The molecule has 1 aromatic rings. The summed E-state index contributed by atoms with van der Waals surface area (Å²) in [5.41, 5.74) is 2.76. The molecule has 2 N–H and O–H groups in total. The van der Waals surface area contributed by atoms with Crippen LogP contribution in [0.1, 0.15) is 44.7 Å². The Balaban J connectivity index is 0.00000288. The van der Waals surface area contributed by atoms with E-state index in [4.69, 9.17) is 0 Å². The summed E-state index contributed by atoms with van der Waals surface area (Å²) >= 11 is 0. The molecule has 0 bridgehead atoms. The maximum absolute atomic E-state index is 4.39. The van der Waals surface area contributed by atoms with Crippen molar-refractivity contribution < 1.29 is 0 Å². The number of hydrogen-bond acceptors (Lipinski definition) is 2. The van der Waals surface area contributed by atoms with Crippen molar-refractivity contribution in [3.8, 4) is 0 Å². The average Bonchev–Trinajstić information content (AvgIpc) is 2.59. The second-order valence-electron chi connectivity index (χ2n) is 6.60. The maximum Gasteiger partial charge on any atom is 0.191 e. The quantitative estimate of drug-likeness (QED) is 0.416. The fraction of sp³-hybridized carbons (Fsp3) is 0.632. The van der Waals surface area contributed by atoms with E-state index in [9.17, 15) is 0 Å². The molecule has 4 nitrogen and oxygen atoms in total. The van der Waals surface area contributed by atoms with Gasteiger partial charge in [0.1, 0.15) is 0 Å². The molecule has 0 aliphatic carbocycles. The highest BCUT2D eigenvalue weighted by molar-refractivity contribution is 14.0. The molecular formula is C19H33IN4. The zero-order chi connectivity index (χ0) is 16.7. The first-order valence-electron chi connectivity index (χ1n) is 8.92. The summed E-state index contributed by atoms with van der Waals surface area (Å²) in [7, 11) is 1.85. The molecule has 1 aliphatic rings. The topological polar surface area (TPSA) is 39.7 Å². The molecule has 0 aromatic heterocycles. The van der Waals surface area contributed by atoms with E-state index in [1.54, 1.807) is 0 Å². The summed E-state index contributed by atoms with van der Waals surface area (Å²) in [6, 6.07) is 9.79. The van der Waals surface area contributed by atoms with Gasteiger partial charge in [-0.1, -0.05) is 31.2 Å². The molecular weight excluding hydrogens is 411 g/mol. The number of nitrogens with zero attached hydrogens (tertiary/aromatic N) is 2. The lowest BCUT2D eigenvalue weighted by atomic mass is 10.0. The smallest absolute Gasteiger partial charge is 0.191 e. The van der Waals surface area contributed by atoms with Crippen LogP contribution >= 0.6 is 24.0 Å².